The molecule has 0 aliphatic carbocycles. The number of ether oxygens (including phenoxy) is 1. The Morgan fingerprint density at radius 3 is 2.54 bits per heavy atom. The molecule has 0 amide bonds. The third kappa shape index (κ3) is 6.64. The van der Waals surface area contributed by atoms with Crippen molar-refractivity contribution in [3.05, 3.63) is 11.8 Å². The summed E-state index contributed by atoms with van der Waals surface area (Å²) >= 11 is 0. The molecule has 0 aromatic heterocycles. The van der Waals surface area contributed by atoms with Gasteiger partial charge in [-0.05, 0) is 33.6 Å². The van der Waals surface area contributed by atoms with Gasteiger partial charge in [0.15, 0.2) is 0 Å². The molecule has 0 spiro atoms. The van der Waals surface area contributed by atoms with Crippen LogP contribution >= 0.6 is 0 Å². The zero-order valence-electron chi connectivity index (χ0n) is 9.39. The van der Waals surface area contributed by atoms with Crippen LogP contribution in [0.5, 0.6) is 0 Å². The molecule has 0 rings (SSSR count). The number of rotatable bonds is 7. The monoisotopic (exact) mass is 185 g/mol. The van der Waals surface area contributed by atoms with Crippen molar-refractivity contribution >= 4 is 0 Å². The molecule has 0 aliphatic heterocycles. The van der Waals surface area contributed by atoms with Crippen molar-refractivity contribution in [3.63, 3.8) is 0 Å². The van der Waals surface area contributed by atoms with E-state index in [0.29, 0.717) is 6.10 Å². The van der Waals surface area contributed by atoms with Crippen LogP contribution in [0.3, 0.4) is 0 Å². The number of hydrogen-bond donors (Lipinski definition) is 1. The first-order valence-corrected chi connectivity index (χ1v) is 5.29. The van der Waals surface area contributed by atoms with Gasteiger partial charge in [-0.3, -0.25) is 0 Å². The van der Waals surface area contributed by atoms with Gasteiger partial charge in [-0.2, -0.15) is 0 Å². The van der Waals surface area contributed by atoms with Crippen LogP contribution in [0.4, 0.5) is 0 Å². The van der Waals surface area contributed by atoms with E-state index >= 15 is 0 Å². The van der Waals surface area contributed by atoms with Gasteiger partial charge in [0.05, 0.1) is 6.10 Å². The molecule has 2 nitrogen and oxygen atoms in total. The van der Waals surface area contributed by atoms with Crippen molar-refractivity contribution in [2.45, 2.75) is 46.6 Å². The van der Waals surface area contributed by atoms with E-state index in [1.807, 2.05) is 6.92 Å². The smallest absolute Gasteiger partial charge is 0.0582 e. The minimum absolute atomic E-state index is 0.338. The summed E-state index contributed by atoms with van der Waals surface area (Å²) in [5.74, 6) is 0. The minimum Gasteiger partial charge on any atom is -0.389 e. The van der Waals surface area contributed by atoms with Crippen molar-refractivity contribution in [1.29, 1.82) is 0 Å². The predicted molar refractivity (Wildman–Crippen MR) is 57.8 cm³/mol. The van der Waals surface area contributed by atoms with Crippen LogP contribution < -0.4 is 5.32 Å². The topological polar surface area (TPSA) is 21.3 Å². The van der Waals surface area contributed by atoms with Crippen molar-refractivity contribution in [1.82, 2.24) is 5.32 Å². The Kier molecular flexibility index (Phi) is 7.80. The SMILES string of the molecule is CCN/C(=C/CC(C)OCC)CC. The summed E-state index contributed by atoms with van der Waals surface area (Å²) < 4.78 is 5.44. The molecule has 1 unspecified atom stereocenters. The highest BCUT2D eigenvalue weighted by molar-refractivity contribution is 4.98. The maximum absolute atomic E-state index is 5.44. The molecule has 0 aromatic rings. The molecule has 0 bridgehead atoms. The summed E-state index contributed by atoms with van der Waals surface area (Å²) in [6.45, 7) is 10.2. The molecule has 2 heteroatoms. The fourth-order valence-electron chi connectivity index (χ4n) is 1.23. The molecule has 0 aliphatic rings. The molecular formula is C11H23NO. The Labute approximate surface area is 82.4 Å². The van der Waals surface area contributed by atoms with E-state index in [0.717, 1.165) is 26.0 Å². The van der Waals surface area contributed by atoms with Gasteiger partial charge in [-0.15, -0.1) is 0 Å². The van der Waals surface area contributed by atoms with Gasteiger partial charge in [0.2, 0.25) is 0 Å². The van der Waals surface area contributed by atoms with Crippen molar-refractivity contribution in [2.24, 2.45) is 0 Å². The molecular weight excluding hydrogens is 162 g/mol. The third-order valence-corrected chi connectivity index (χ3v) is 1.93. The molecule has 0 heterocycles. The van der Waals surface area contributed by atoms with E-state index in [-0.39, 0.29) is 0 Å². The Balaban J connectivity index is 3.76. The van der Waals surface area contributed by atoms with Crippen LogP contribution in [-0.4, -0.2) is 19.3 Å². The molecule has 0 saturated carbocycles. The Hall–Kier alpha value is -0.500. The number of allylic oxidation sites excluding steroid dienone is 1. The average Bonchev–Trinajstić information content (AvgIpc) is 2.12. The first-order chi connectivity index (χ1) is 6.24. The highest BCUT2D eigenvalue weighted by Gasteiger charge is 1.98. The maximum Gasteiger partial charge on any atom is 0.0582 e. The van der Waals surface area contributed by atoms with Crippen molar-refractivity contribution in [3.8, 4) is 0 Å². The summed E-state index contributed by atoms with van der Waals surface area (Å²) in [7, 11) is 0. The zero-order valence-corrected chi connectivity index (χ0v) is 9.39. The van der Waals surface area contributed by atoms with Gasteiger partial charge in [-0.25, -0.2) is 0 Å². The molecule has 78 valence electrons. The van der Waals surface area contributed by atoms with E-state index in [1.54, 1.807) is 0 Å². The summed E-state index contributed by atoms with van der Waals surface area (Å²) in [5, 5.41) is 3.34. The van der Waals surface area contributed by atoms with E-state index in [9.17, 15) is 0 Å². The van der Waals surface area contributed by atoms with Gasteiger partial charge in [-0.1, -0.05) is 13.0 Å². The molecule has 1 N–H and O–H groups in total. The van der Waals surface area contributed by atoms with E-state index < -0.39 is 0 Å². The van der Waals surface area contributed by atoms with Crippen LogP contribution in [0.1, 0.15) is 40.5 Å². The lowest BCUT2D eigenvalue weighted by molar-refractivity contribution is 0.0785. The fourth-order valence-corrected chi connectivity index (χ4v) is 1.23. The quantitative estimate of drug-likeness (QED) is 0.658. The Morgan fingerprint density at radius 2 is 2.08 bits per heavy atom. The van der Waals surface area contributed by atoms with E-state index in [1.165, 1.54) is 5.70 Å². The molecule has 0 radical (unpaired) electrons. The second kappa shape index (κ2) is 8.11. The minimum atomic E-state index is 0.338. The zero-order chi connectivity index (χ0) is 10.1. The van der Waals surface area contributed by atoms with Crippen LogP contribution in [0.15, 0.2) is 11.8 Å². The largest absolute Gasteiger partial charge is 0.389 e. The summed E-state index contributed by atoms with van der Waals surface area (Å²) in [6.07, 6.45) is 4.66. The highest BCUT2D eigenvalue weighted by atomic mass is 16.5. The van der Waals surface area contributed by atoms with Crippen LogP contribution in [0, 0.1) is 0 Å². The van der Waals surface area contributed by atoms with Gasteiger partial charge in [0.1, 0.15) is 0 Å². The van der Waals surface area contributed by atoms with Gasteiger partial charge in [0, 0.05) is 18.8 Å². The van der Waals surface area contributed by atoms with Crippen LogP contribution in [-0.2, 0) is 4.74 Å². The van der Waals surface area contributed by atoms with Gasteiger partial charge in [0.25, 0.3) is 0 Å². The highest BCUT2D eigenvalue weighted by Crippen LogP contribution is 2.03. The van der Waals surface area contributed by atoms with Crippen LogP contribution in [0.2, 0.25) is 0 Å². The molecule has 0 saturated heterocycles. The van der Waals surface area contributed by atoms with Crippen molar-refractivity contribution < 1.29 is 4.74 Å². The summed E-state index contributed by atoms with van der Waals surface area (Å²) in [5.41, 5.74) is 1.33. The first-order valence-electron chi connectivity index (χ1n) is 5.29. The Morgan fingerprint density at radius 1 is 1.38 bits per heavy atom. The second-order valence-electron chi connectivity index (χ2n) is 3.11. The van der Waals surface area contributed by atoms with E-state index in [2.05, 4.69) is 32.2 Å². The first kappa shape index (κ1) is 12.5. The lowest BCUT2D eigenvalue weighted by Crippen LogP contribution is -2.13. The predicted octanol–water partition coefficient (Wildman–Crippen LogP) is 2.70. The molecule has 0 aromatic carbocycles. The number of nitrogens with one attached hydrogen (secondary N) is 1. The number of hydrogen-bond acceptors (Lipinski definition) is 2. The van der Waals surface area contributed by atoms with E-state index in [4.69, 9.17) is 4.74 Å². The third-order valence-electron chi connectivity index (χ3n) is 1.93. The van der Waals surface area contributed by atoms with Crippen molar-refractivity contribution in [2.75, 3.05) is 13.2 Å². The van der Waals surface area contributed by atoms with Gasteiger partial charge < -0.3 is 10.1 Å². The summed E-state index contributed by atoms with van der Waals surface area (Å²) in [4.78, 5) is 0. The lowest BCUT2D eigenvalue weighted by atomic mass is 10.2. The van der Waals surface area contributed by atoms with Crippen LogP contribution in [0.25, 0.3) is 0 Å². The lowest BCUT2D eigenvalue weighted by Gasteiger charge is -2.11. The molecule has 0 fully saturated rings. The Bertz CT molecular complexity index is 143. The molecule has 13 heavy (non-hydrogen) atoms. The second-order valence-corrected chi connectivity index (χ2v) is 3.11. The summed E-state index contributed by atoms with van der Waals surface area (Å²) in [6, 6.07) is 0. The maximum atomic E-state index is 5.44. The standard InChI is InChI=1S/C11H23NO/c1-5-11(12-6-2)9-8-10(4)13-7-3/h9-10,12H,5-8H2,1-4H3/b11-9+. The van der Waals surface area contributed by atoms with Gasteiger partial charge >= 0.3 is 0 Å². The molecule has 1 atom stereocenters. The normalized spacial score (nSPS) is 14.3. The fraction of sp³-hybridized carbons (Fsp3) is 0.818. The average molecular weight is 185 g/mol.